The third-order valence-corrected chi connectivity index (χ3v) is 6.73. The lowest BCUT2D eigenvalue weighted by molar-refractivity contribution is 0.192. The Kier molecular flexibility index (Phi) is 5.54. The minimum Gasteiger partial charge on any atom is -0.493 e. The van der Waals surface area contributed by atoms with E-state index in [0.717, 1.165) is 0 Å². The number of aliphatic hydroxyl groups excluding tert-OH is 1. The molecule has 210 valence electrons. The molecule has 40 heavy (non-hydrogen) atoms. The molecule has 0 bridgehead atoms. The summed E-state index contributed by atoms with van der Waals surface area (Å²) in [4.78, 5) is 15.7. The molecular weight excluding hydrogens is 538 g/mol. The van der Waals surface area contributed by atoms with Crippen LogP contribution in [0.1, 0.15) is 29.0 Å². The number of sulfonamides is 1. The van der Waals surface area contributed by atoms with Crippen LogP contribution < -0.4 is 18.9 Å². The predicted molar refractivity (Wildman–Crippen MR) is 146 cm³/mol. The van der Waals surface area contributed by atoms with Crippen LogP contribution in [-0.2, 0) is 15.4 Å². The van der Waals surface area contributed by atoms with Gasteiger partial charge in [-0.15, -0.1) is 0 Å². The van der Waals surface area contributed by atoms with Gasteiger partial charge in [0.1, 0.15) is 6.56 Å². The van der Waals surface area contributed by atoms with Crippen molar-refractivity contribution in [2.75, 3.05) is 31.5 Å². The Morgan fingerprint density at radius 1 is 1.02 bits per heavy atom. The molecule has 0 unspecified atom stereocenters. The molecule has 2 heterocycles. The highest BCUT2D eigenvalue weighted by atomic mass is 32.2. The third-order valence-electron chi connectivity index (χ3n) is 5.44. The van der Waals surface area contributed by atoms with Crippen LogP contribution in [0.5, 0.6) is 23.1 Å². The van der Waals surface area contributed by atoms with Gasteiger partial charge in [0, 0.05) is 17.8 Å². The number of ether oxygens (including phenoxy) is 3. The highest BCUT2D eigenvalue weighted by molar-refractivity contribution is 7.92. The van der Waals surface area contributed by atoms with Crippen molar-refractivity contribution >= 4 is 15.8 Å². The van der Waals surface area contributed by atoms with Crippen LogP contribution in [0.15, 0.2) is 71.9 Å². The Morgan fingerprint density at radius 3 is 2.48 bits per heavy atom. The number of nitrogens with zero attached hydrogens (tertiary/aromatic N) is 4. The van der Waals surface area contributed by atoms with Crippen LogP contribution in [0, 0.1) is 0 Å². The van der Waals surface area contributed by atoms with Gasteiger partial charge in [0.2, 0.25) is 14.4 Å². The number of aliphatic hydroxyl groups is 2. The van der Waals surface area contributed by atoms with Crippen LogP contribution in [0.3, 0.4) is 0 Å². The molecule has 0 aliphatic heterocycles. The lowest BCUT2D eigenvalue weighted by Crippen LogP contribution is -2.22. The van der Waals surface area contributed by atoms with Crippen molar-refractivity contribution in [2.45, 2.75) is 24.2 Å². The van der Waals surface area contributed by atoms with Gasteiger partial charge in [0.05, 0.1) is 34.7 Å². The second-order valence-corrected chi connectivity index (χ2v) is 10.3. The summed E-state index contributed by atoms with van der Waals surface area (Å²) in [5, 5.41) is 8.40. The number of nitrogens with one attached hydrogen (secondary N) is 1. The summed E-state index contributed by atoms with van der Waals surface area (Å²) in [6.07, 6.45) is 2.54. The maximum atomic E-state index is 13.9. The van der Waals surface area contributed by atoms with E-state index in [-0.39, 0.29) is 17.1 Å². The fourth-order valence-electron chi connectivity index (χ4n) is 3.28. The van der Waals surface area contributed by atoms with Crippen LogP contribution in [0.25, 0.3) is 11.6 Å². The number of methoxy groups -OCH3 is 1. The quantitative estimate of drug-likeness (QED) is 0.201. The van der Waals surface area contributed by atoms with Crippen LogP contribution in [-0.4, -0.2) is 68.2 Å². The van der Waals surface area contributed by atoms with E-state index in [4.69, 9.17) is 28.1 Å². The summed E-state index contributed by atoms with van der Waals surface area (Å²) in [7, 11) is -7.89. The molecule has 0 fully saturated rings. The van der Waals surface area contributed by atoms with E-state index in [1.807, 2.05) is 0 Å². The fraction of sp³-hybridized carbons (Fsp3) is 0.259. The molecule has 0 amide bonds. The molecule has 2 aromatic heterocycles. The number of benzene rings is 2. The number of hydrogen-bond acceptors (Lipinski definition) is 11. The summed E-state index contributed by atoms with van der Waals surface area (Å²) in [6.45, 7) is -3.49. The van der Waals surface area contributed by atoms with E-state index in [1.165, 1.54) is 67.0 Å². The zero-order valence-electron chi connectivity index (χ0n) is 31.1. The molecule has 13 heteroatoms. The van der Waals surface area contributed by atoms with Crippen molar-refractivity contribution in [3.05, 3.63) is 72.6 Å². The molecule has 0 radical (unpaired) electrons. The topological polar surface area (TPSA) is 166 Å². The molecule has 4 rings (SSSR count). The van der Waals surface area contributed by atoms with E-state index < -0.39 is 75.3 Å². The Bertz CT molecular complexity index is 1910. The molecule has 0 saturated carbocycles. The average molecular weight is 578 g/mol. The summed E-state index contributed by atoms with van der Waals surface area (Å²) < 4.78 is 121. The monoisotopic (exact) mass is 577 g/mol. The smallest absolute Gasteiger partial charge is 0.263 e. The molecule has 0 aliphatic rings. The van der Waals surface area contributed by atoms with E-state index in [1.54, 1.807) is 13.8 Å². The second-order valence-electron chi connectivity index (χ2n) is 8.65. The molecular formula is C27H29N5O7S. The van der Waals surface area contributed by atoms with Gasteiger partial charge >= 0.3 is 0 Å². The number of aromatic nitrogens is 4. The van der Waals surface area contributed by atoms with E-state index in [0.29, 0.717) is 5.56 Å². The Morgan fingerprint density at radius 2 is 1.77 bits per heavy atom. The van der Waals surface area contributed by atoms with Gasteiger partial charge in [-0.25, -0.2) is 23.4 Å². The van der Waals surface area contributed by atoms with E-state index in [9.17, 15) is 8.42 Å². The van der Waals surface area contributed by atoms with Crippen molar-refractivity contribution in [3.8, 4) is 34.8 Å². The SMILES string of the molecule is [2H]OCC(C)(C)c1ccc(S(=O)(=O)N([2H])c2nc(-c3ncccn3)nc(OC([2H])([2H])C([2H])([2H])O[2H])c2Oc2ccccc2OC([2H])([2H])[2H])cc1. The molecule has 0 saturated heterocycles. The van der Waals surface area contributed by atoms with Gasteiger partial charge in [-0.1, -0.05) is 38.1 Å². The first kappa shape index (κ1) is 18.1. The molecule has 0 spiro atoms. The molecule has 2 aromatic carbocycles. The van der Waals surface area contributed by atoms with Gasteiger partial charge in [-0.3, -0.25) is 4.72 Å². The number of hydrogen-bond donors (Lipinski definition) is 3. The summed E-state index contributed by atoms with van der Waals surface area (Å²) in [5.41, 5.74) is -0.0871. The van der Waals surface area contributed by atoms with Gasteiger partial charge in [-0.05, 0) is 35.9 Å². The Balaban J connectivity index is 1.99. The first-order valence-electron chi connectivity index (χ1n) is 16.2. The van der Waals surface area contributed by atoms with Crippen LogP contribution in [0.4, 0.5) is 5.82 Å². The molecule has 4 aromatic rings. The van der Waals surface area contributed by atoms with Crippen molar-refractivity contribution in [2.24, 2.45) is 0 Å². The zero-order valence-corrected chi connectivity index (χ0v) is 21.9. The largest absolute Gasteiger partial charge is 0.493 e. The van der Waals surface area contributed by atoms with Gasteiger partial charge < -0.3 is 24.4 Å². The van der Waals surface area contributed by atoms with E-state index in [2.05, 4.69) is 30.2 Å². The lowest BCUT2D eigenvalue weighted by Gasteiger charge is -2.22. The Hall–Kier alpha value is -4.33. The minimum absolute atomic E-state index is 0.0119. The molecule has 0 aliphatic carbocycles. The lowest BCUT2D eigenvalue weighted by atomic mass is 9.86. The van der Waals surface area contributed by atoms with Crippen LogP contribution >= 0.6 is 0 Å². The summed E-state index contributed by atoms with van der Waals surface area (Å²) in [6, 6.07) is 11.9. The van der Waals surface area contributed by atoms with Crippen molar-refractivity contribution in [3.63, 3.8) is 0 Å². The van der Waals surface area contributed by atoms with Crippen molar-refractivity contribution in [1.29, 1.82) is 2.86 Å². The predicted octanol–water partition coefficient (Wildman–Crippen LogP) is 3.18. The number of rotatable bonds is 14. The zero-order chi connectivity index (χ0) is 37.1. The number of anilines is 1. The third kappa shape index (κ3) is 6.45. The highest BCUT2D eigenvalue weighted by Crippen LogP contribution is 2.41. The van der Waals surface area contributed by atoms with Crippen LogP contribution in [0.2, 0.25) is 1.41 Å². The maximum absolute atomic E-state index is 13.9. The van der Waals surface area contributed by atoms with E-state index >= 15 is 0 Å². The summed E-state index contributed by atoms with van der Waals surface area (Å²) in [5.74, 6) is -4.56. The first-order chi connectivity index (χ1) is 23.2. The Labute approximate surface area is 246 Å². The first-order valence-corrected chi connectivity index (χ1v) is 12.9. The van der Waals surface area contributed by atoms with Gasteiger partial charge in [0.25, 0.3) is 15.9 Å². The standard InChI is InChI=1S/C27H29N5O7S/c1-27(2,17-34)18-9-11-19(12-10-18)40(35,36)32-23-22(39-21-8-5-4-7-20(21)37-3)26(38-16-15-33)31-25(30-23)24-28-13-6-14-29-24/h4-14,33-34H,15-17H2,1-3H3,(H,30,31,32)/i3D3,15D2,16D2,33D,34D/hD. The van der Waals surface area contributed by atoms with Gasteiger partial charge in [0.15, 0.2) is 24.6 Å². The molecule has 12 nitrogen and oxygen atoms in total. The average Bonchev–Trinajstić information content (AvgIpc) is 3.05. The maximum Gasteiger partial charge on any atom is 0.263 e. The normalized spacial score (nSPS) is 16.2. The fourth-order valence-corrected chi connectivity index (χ4v) is 4.22. The minimum atomic E-state index is -4.89. The second kappa shape index (κ2) is 12.2. The van der Waals surface area contributed by atoms with Gasteiger partial charge in [-0.2, -0.15) is 4.98 Å². The highest BCUT2D eigenvalue weighted by Gasteiger charge is 2.27. The molecule has 3 N–H and O–H groups in total. The van der Waals surface area contributed by atoms with Crippen molar-refractivity contribution in [1.82, 2.24) is 19.9 Å². The number of para-hydroxylation sites is 2. The molecule has 0 atom stereocenters. The van der Waals surface area contributed by atoms with Crippen molar-refractivity contribution < 1.29 is 43.9 Å². The summed E-state index contributed by atoms with van der Waals surface area (Å²) >= 11 is 0.